The summed E-state index contributed by atoms with van der Waals surface area (Å²) >= 11 is 0. The van der Waals surface area contributed by atoms with Crippen LogP contribution in [-0.2, 0) is 9.84 Å². The molecule has 0 saturated carbocycles. The number of aromatic amines is 3. The molecule has 1 aliphatic heterocycles. The summed E-state index contributed by atoms with van der Waals surface area (Å²) in [7, 11) is -3.45. The van der Waals surface area contributed by atoms with E-state index in [1.807, 2.05) is 4.98 Å². The summed E-state index contributed by atoms with van der Waals surface area (Å²) in [4.78, 5) is 40.9. The van der Waals surface area contributed by atoms with Crippen LogP contribution in [0.1, 0.15) is 0 Å². The molecule has 3 heterocycles. The van der Waals surface area contributed by atoms with Crippen molar-refractivity contribution in [1.82, 2.24) is 20.2 Å². The van der Waals surface area contributed by atoms with Crippen molar-refractivity contribution in [3.8, 4) is 17.0 Å². The zero-order valence-corrected chi connectivity index (χ0v) is 17.8. The lowest BCUT2D eigenvalue weighted by Gasteiger charge is -2.19. The van der Waals surface area contributed by atoms with Gasteiger partial charge in [-0.2, -0.15) is 5.10 Å². The number of hydrogen-bond donors (Lipinski definition) is 3. The molecular formula is C19H17F2N5O6S. The first-order valence-corrected chi connectivity index (χ1v) is 11.3. The number of ether oxygens (including phenoxy) is 1. The highest BCUT2D eigenvalue weighted by molar-refractivity contribution is 7.90. The summed E-state index contributed by atoms with van der Waals surface area (Å²) in [6, 6.07) is 6.21. The molecule has 1 atom stereocenters. The van der Waals surface area contributed by atoms with Crippen molar-refractivity contribution in [1.29, 1.82) is 0 Å². The Kier molecular flexibility index (Phi) is 5.40. The molecule has 0 spiro atoms. The quantitative estimate of drug-likeness (QED) is 0.464. The van der Waals surface area contributed by atoms with E-state index >= 15 is 0 Å². The number of anilines is 1. The first-order chi connectivity index (χ1) is 15.4. The lowest BCUT2D eigenvalue weighted by atomic mass is 10.2. The van der Waals surface area contributed by atoms with Crippen molar-refractivity contribution in [3.05, 3.63) is 67.7 Å². The van der Waals surface area contributed by atoms with E-state index in [9.17, 15) is 31.6 Å². The molecule has 0 amide bonds. The number of H-pyrrole nitrogens is 3. The van der Waals surface area contributed by atoms with Gasteiger partial charge in [0.15, 0.2) is 15.9 Å². The molecule has 174 valence electrons. The van der Waals surface area contributed by atoms with Crippen LogP contribution in [0.25, 0.3) is 11.3 Å². The Morgan fingerprint density at radius 1 is 1.15 bits per heavy atom. The van der Waals surface area contributed by atoms with Crippen LogP contribution in [0.4, 0.5) is 14.5 Å². The summed E-state index contributed by atoms with van der Waals surface area (Å²) in [6.07, 6.45) is 0.484. The monoisotopic (exact) mass is 481 g/mol. The predicted molar refractivity (Wildman–Crippen MR) is 113 cm³/mol. The highest BCUT2D eigenvalue weighted by Gasteiger charge is 2.50. The molecule has 0 radical (unpaired) electrons. The molecule has 33 heavy (non-hydrogen) atoms. The number of halogens is 2. The Morgan fingerprint density at radius 2 is 1.85 bits per heavy atom. The average Bonchev–Trinajstić information content (AvgIpc) is 3.02. The molecule has 1 aromatic carbocycles. The van der Waals surface area contributed by atoms with Gasteiger partial charge in [-0.3, -0.25) is 14.6 Å². The Hall–Kier alpha value is -3.81. The van der Waals surface area contributed by atoms with Gasteiger partial charge in [-0.15, -0.1) is 0 Å². The van der Waals surface area contributed by atoms with Gasteiger partial charge in [-0.05, 0) is 30.3 Å². The Balaban J connectivity index is 1.60. The number of alkyl halides is 2. The van der Waals surface area contributed by atoms with Gasteiger partial charge in [0.25, 0.3) is 11.1 Å². The molecular weight excluding hydrogens is 464 g/mol. The van der Waals surface area contributed by atoms with Crippen LogP contribution in [-0.4, -0.2) is 60.0 Å². The van der Waals surface area contributed by atoms with Crippen LogP contribution in [0.3, 0.4) is 0 Å². The number of nitrogens with zero attached hydrogens (tertiary/aromatic N) is 2. The molecule has 0 bridgehead atoms. The topological polar surface area (TPSA) is 158 Å². The second-order valence-corrected chi connectivity index (χ2v) is 9.46. The highest BCUT2D eigenvalue weighted by atomic mass is 32.2. The number of nitrogens with one attached hydrogen (secondary N) is 3. The van der Waals surface area contributed by atoms with Crippen LogP contribution in [0.5, 0.6) is 5.75 Å². The maximum atomic E-state index is 14.7. The normalized spacial score (nSPS) is 17.8. The van der Waals surface area contributed by atoms with E-state index < -0.39 is 45.2 Å². The van der Waals surface area contributed by atoms with Crippen molar-refractivity contribution in [2.45, 2.75) is 16.9 Å². The van der Waals surface area contributed by atoms with Gasteiger partial charge in [0, 0.05) is 12.5 Å². The Bertz CT molecular complexity index is 1480. The Labute approximate surface area is 184 Å². The standard InChI is InChI=1S/C19H17F2N5O6S/c1-33(30,31)11-4-2-10(3-5-11)32-15-8-26(9-19(15,20)21)14-6-13(24-25-17(14)28)12-7-22-18(29)23-16(12)27/h2-7,15H,8-9H2,1H3,(H,25,28)(H2,22,23,27,29). The van der Waals surface area contributed by atoms with Crippen molar-refractivity contribution in [2.24, 2.45) is 0 Å². The number of hydrogen-bond acceptors (Lipinski definition) is 8. The summed E-state index contributed by atoms with van der Waals surface area (Å²) in [6.45, 7) is -1.21. The summed E-state index contributed by atoms with van der Waals surface area (Å²) < 4.78 is 57.8. The first kappa shape index (κ1) is 22.4. The van der Waals surface area contributed by atoms with E-state index in [1.165, 1.54) is 30.3 Å². The predicted octanol–water partition coefficient (Wildman–Crippen LogP) is 0.120. The molecule has 2 aromatic heterocycles. The third-order valence-corrected chi connectivity index (χ3v) is 6.14. The summed E-state index contributed by atoms with van der Waals surface area (Å²) in [5, 5.41) is 5.91. The molecule has 1 saturated heterocycles. The first-order valence-electron chi connectivity index (χ1n) is 9.46. The fourth-order valence-corrected chi connectivity index (χ4v) is 3.99. The molecule has 0 aliphatic carbocycles. The van der Waals surface area contributed by atoms with E-state index in [0.717, 1.165) is 17.4 Å². The van der Waals surface area contributed by atoms with E-state index in [4.69, 9.17) is 4.74 Å². The highest BCUT2D eigenvalue weighted by Crippen LogP contribution is 2.33. The summed E-state index contributed by atoms with van der Waals surface area (Å²) in [5.41, 5.74) is -2.53. The lowest BCUT2D eigenvalue weighted by molar-refractivity contribution is -0.0594. The maximum Gasteiger partial charge on any atom is 0.325 e. The van der Waals surface area contributed by atoms with Gasteiger partial charge in [-0.1, -0.05) is 0 Å². The maximum absolute atomic E-state index is 14.7. The van der Waals surface area contributed by atoms with Crippen molar-refractivity contribution in [2.75, 3.05) is 24.2 Å². The number of aromatic nitrogens is 4. The number of rotatable bonds is 5. The minimum atomic E-state index is -3.45. The van der Waals surface area contributed by atoms with Crippen molar-refractivity contribution >= 4 is 15.5 Å². The summed E-state index contributed by atoms with van der Waals surface area (Å²) in [5.74, 6) is -3.31. The van der Waals surface area contributed by atoms with E-state index in [2.05, 4.69) is 15.2 Å². The zero-order valence-electron chi connectivity index (χ0n) is 17.0. The zero-order chi connectivity index (χ0) is 24.0. The molecule has 4 rings (SSSR count). The molecule has 1 unspecified atom stereocenters. The van der Waals surface area contributed by atoms with Gasteiger partial charge in [-0.25, -0.2) is 27.1 Å². The van der Waals surface area contributed by atoms with Gasteiger partial charge >= 0.3 is 11.6 Å². The van der Waals surface area contributed by atoms with Crippen LogP contribution in [0, 0.1) is 0 Å². The average molecular weight is 481 g/mol. The molecule has 1 aliphatic rings. The third-order valence-electron chi connectivity index (χ3n) is 5.01. The molecule has 14 heteroatoms. The molecule has 1 fully saturated rings. The van der Waals surface area contributed by atoms with Crippen LogP contribution in [0.2, 0.25) is 0 Å². The van der Waals surface area contributed by atoms with E-state index in [1.54, 1.807) is 0 Å². The van der Waals surface area contributed by atoms with E-state index in [0.29, 0.717) is 0 Å². The molecule has 3 N–H and O–H groups in total. The van der Waals surface area contributed by atoms with Crippen LogP contribution < -0.4 is 26.4 Å². The number of benzene rings is 1. The number of sulfone groups is 1. The van der Waals surface area contributed by atoms with Gasteiger partial charge < -0.3 is 14.6 Å². The van der Waals surface area contributed by atoms with Crippen LogP contribution >= 0.6 is 0 Å². The fourth-order valence-electron chi connectivity index (χ4n) is 3.36. The lowest BCUT2D eigenvalue weighted by Crippen LogP contribution is -2.36. The minimum Gasteiger partial charge on any atom is -0.482 e. The second-order valence-electron chi connectivity index (χ2n) is 7.44. The molecule has 3 aromatic rings. The minimum absolute atomic E-state index is 0.0164. The SMILES string of the molecule is CS(=O)(=O)c1ccc(OC2CN(c3cc(-c4c[nH]c(=O)[nH]c4=O)n[nH]c3=O)CC2(F)F)cc1. The van der Waals surface area contributed by atoms with Crippen molar-refractivity contribution < 1.29 is 21.9 Å². The van der Waals surface area contributed by atoms with Crippen molar-refractivity contribution in [3.63, 3.8) is 0 Å². The Morgan fingerprint density at radius 3 is 2.48 bits per heavy atom. The van der Waals surface area contributed by atoms with Crippen LogP contribution in [0.15, 0.2) is 55.8 Å². The molecule has 11 nitrogen and oxygen atoms in total. The van der Waals surface area contributed by atoms with Gasteiger partial charge in [0.2, 0.25) is 0 Å². The van der Waals surface area contributed by atoms with Gasteiger partial charge in [0.1, 0.15) is 11.4 Å². The fraction of sp³-hybridized carbons (Fsp3) is 0.263. The van der Waals surface area contributed by atoms with E-state index in [-0.39, 0.29) is 34.1 Å². The smallest absolute Gasteiger partial charge is 0.325 e. The third kappa shape index (κ3) is 4.55. The van der Waals surface area contributed by atoms with Gasteiger partial charge in [0.05, 0.1) is 29.2 Å². The second kappa shape index (κ2) is 7.95. The largest absolute Gasteiger partial charge is 0.482 e.